The van der Waals surface area contributed by atoms with Gasteiger partial charge < -0.3 is 15.6 Å². The van der Waals surface area contributed by atoms with Crippen molar-refractivity contribution in [3.8, 4) is 0 Å². The summed E-state index contributed by atoms with van der Waals surface area (Å²) in [5, 5.41) is 6.73. The summed E-state index contributed by atoms with van der Waals surface area (Å²) in [6.07, 6.45) is 1.34. The number of para-hydroxylation sites is 1. The lowest BCUT2D eigenvalue weighted by Gasteiger charge is -2.20. The van der Waals surface area contributed by atoms with Crippen LogP contribution in [-0.2, 0) is 23.2 Å². The number of amides is 1. The lowest BCUT2D eigenvalue weighted by molar-refractivity contribution is -0.120. The Labute approximate surface area is 123 Å². The Bertz CT molecular complexity index is 634. The Kier molecular flexibility index (Phi) is 4.26. The molecule has 0 saturated carbocycles. The summed E-state index contributed by atoms with van der Waals surface area (Å²) in [5.74, 6) is 0.865. The largest absolute Gasteiger partial charge is 0.399 e. The minimum atomic E-state index is -0.653. The van der Waals surface area contributed by atoms with E-state index in [9.17, 15) is 4.79 Å². The number of hydrogen-bond donors (Lipinski definition) is 2. The van der Waals surface area contributed by atoms with E-state index >= 15 is 0 Å². The number of carbonyl (C=O) groups is 1. The second-order valence-corrected chi connectivity index (χ2v) is 5.52. The fraction of sp³-hybridized carbons (Fsp3) is 0.400. The molecule has 0 aliphatic carbocycles. The van der Waals surface area contributed by atoms with E-state index in [2.05, 4.69) is 15.5 Å². The number of nitrogen functional groups attached to an aromatic ring is 1. The van der Waals surface area contributed by atoms with Crippen LogP contribution in [0.5, 0.6) is 0 Å². The van der Waals surface area contributed by atoms with E-state index in [-0.39, 0.29) is 5.91 Å². The highest BCUT2D eigenvalue weighted by atomic mass is 16.5. The van der Waals surface area contributed by atoms with Crippen molar-refractivity contribution in [2.24, 2.45) is 0 Å². The summed E-state index contributed by atoms with van der Waals surface area (Å²) in [5.41, 5.74) is 7.06. The minimum Gasteiger partial charge on any atom is -0.399 e. The van der Waals surface area contributed by atoms with Crippen molar-refractivity contribution in [1.29, 1.82) is 0 Å². The van der Waals surface area contributed by atoms with Gasteiger partial charge >= 0.3 is 0 Å². The predicted octanol–water partition coefficient (Wildman–Crippen LogP) is 1.81. The first-order valence-electron chi connectivity index (χ1n) is 6.83. The first-order valence-corrected chi connectivity index (χ1v) is 6.83. The Balaban J connectivity index is 2.04. The van der Waals surface area contributed by atoms with E-state index in [4.69, 9.17) is 10.3 Å². The van der Waals surface area contributed by atoms with Crippen molar-refractivity contribution >= 4 is 11.6 Å². The molecule has 0 bridgehead atoms. The van der Waals surface area contributed by atoms with Crippen LogP contribution in [0.15, 0.2) is 28.8 Å². The molecule has 0 aliphatic heterocycles. The maximum Gasteiger partial charge on any atom is 0.227 e. The molecular weight excluding hydrogens is 268 g/mol. The van der Waals surface area contributed by atoms with E-state index in [1.807, 2.05) is 38.1 Å². The maximum atomic E-state index is 11.2. The van der Waals surface area contributed by atoms with Crippen LogP contribution in [0.25, 0.3) is 0 Å². The average molecular weight is 288 g/mol. The fourth-order valence-corrected chi connectivity index (χ4v) is 2.11. The lowest BCUT2D eigenvalue weighted by atomic mass is 10.1. The Morgan fingerprint density at radius 1 is 1.33 bits per heavy atom. The van der Waals surface area contributed by atoms with E-state index in [1.165, 1.54) is 6.92 Å². The summed E-state index contributed by atoms with van der Waals surface area (Å²) in [7, 11) is 0. The number of benzene rings is 1. The summed E-state index contributed by atoms with van der Waals surface area (Å²) in [6.45, 7) is 5.12. The van der Waals surface area contributed by atoms with Crippen LogP contribution in [0, 0.1) is 0 Å². The fourth-order valence-electron chi connectivity index (χ4n) is 2.11. The van der Waals surface area contributed by atoms with Gasteiger partial charge in [0.25, 0.3) is 0 Å². The van der Waals surface area contributed by atoms with Crippen molar-refractivity contribution in [1.82, 2.24) is 15.5 Å². The molecule has 0 fully saturated rings. The zero-order valence-electron chi connectivity index (χ0n) is 12.5. The molecule has 1 heterocycles. The highest BCUT2D eigenvalue weighted by Gasteiger charge is 2.27. The number of aryl methyl sites for hydroxylation is 2. The van der Waals surface area contributed by atoms with Gasteiger partial charge in [0, 0.05) is 19.0 Å². The maximum absolute atomic E-state index is 11.2. The molecule has 0 spiro atoms. The molecule has 0 unspecified atom stereocenters. The molecule has 0 atom stereocenters. The first-order chi connectivity index (χ1) is 9.88. The molecule has 0 radical (unpaired) electrons. The molecule has 1 amide bonds. The topological polar surface area (TPSA) is 94.0 Å². The second kappa shape index (κ2) is 5.95. The van der Waals surface area contributed by atoms with Gasteiger partial charge in [-0.05, 0) is 31.9 Å². The van der Waals surface area contributed by atoms with E-state index in [0.717, 1.165) is 17.7 Å². The van der Waals surface area contributed by atoms with Crippen LogP contribution in [-0.4, -0.2) is 16.0 Å². The number of aromatic nitrogens is 2. The first kappa shape index (κ1) is 15.0. The van der Waals surface area contributed by atoms with Crippen molar-refractivity contribution < 1.29 is 9.32 Å². The third kappa shape index (κ3) is 3.81. The van der Waals surface area contributed by atoms with Crippen molar-refractivity contribution in [3.63, 3.8) is 0 Å². The second-order valence-electron chi connectivity index (χ2n) is 5.52. The zero-order valence-corrected chi connectivity index (χ0v) is 12.5. The van der Waals surface area contributed by atoms with Gasteiger partial charge in [0.05, 0.1) is 5.54 Å². The number of hydrogen-bond acceptors (Lipinski definition) is 5. The summed E-state index contributed by atoms with van der Waals surface area (Å²) >= 11 is 0. The van der Waals surface area contributed by atoms with Crippen molar-refractivity contribution in [3.05, 3.63) is 41.5 Å². The Hall–Kier alpha value is -2.37. The molecule has 21 heavy (non-hydrogen) atoms. The zero-order chi connectivity index (χ0) is 15.5. The average Bonchev–Trinajstić information content (AvgIpc) is 2.86. The highest BCUT2D eigenvalue weighted by Crippen LogP contribution is 2.18. The van der Waals surface area contributed by atoms with Gasteiger partial charge in [-0.25, -0.2) is 0 Å². The molecule has 3 N–H and O–H groups in total. The predicted molar refractivity (Wildman–Crippen MR) is 79.4 cm³/mol. The number of nitrogens with one attached hydrogen (secondary N) is 1. The number of rotatable bonds is 5. The molecule has 112 valence electrons. The van der Waals surface area contributed by atoms with Crippen LogP contribution in [0.2, 0.25) is 0 Å². The Morgan fingerprint density at radius 2 is 2.05 bits per heavy atom. The van der Waals surface area contributed by atoms with Crippen LogP contribution >= 0.6 is 0 Å². The number of anilines is 1. The normalized spacial score (nSPS) is 11.4. The van der Waals surface area contributed by atoms with Crippen LogP contribution in [0.1, 0.15) is 38.0 Å². The Morgan fingerprint density at radius 3 is 2.71 bits per heavy atom. The van der Waals surface area contributed by atoms with E-state index in [0.29, 0.717) is 18.1 Å². The molecule has 1 aromatic heterocycles. The summed E-state index contributed by atoms with van der Waals surface area (Å²) < 4.78 is 5.24. The molecule has 6 nitrogen and oxygen atoms in total. The molecule has 1 aromatic carbocycles. The van der Waals surface area contributed by atoms with Crippen LogP contribution in [0.3, 0.4) is 0 Å². The number of nitrogens with two attached hydrogens (primary N) is 1. The molecule has 0 saturated heterocycles. The minimum absolute atomic E-state index is 0.136. The van der Waals surface area contributed by atoms with Crippen LogP contribution < -0.4 is 11.1 Å². The third-order valence-electron chi connectivity index (χ3n) is 3.18. The van der Waals surface area contributed by atoms with Gasteiger partial charge in [-0.3, -0.25) is 4.79 Å². The quantitative estimate of drug-likeness (QED) is 0.818. The van der Waals surface area contributed by atoms with Gasteiger partial charge in [-0.15, -0.1) is 0 Å². The molecule has 2 aromatic rings. The van der Waals surface area contributed by atoms with Crippen LogP contribution in [0.4, 0.5) is 5.69 Å². The summed E-state index contributed by atoms with van der Waals surface area (Å²) in [4.78, 5) is 15.5. The van der Waals surface area contributed by atoms with E-state index in [1.54, 1.807) is 0 Å². The molecule has 2 rings (SSSR count). The van der Waals surface area contributed by atoms with Gasteiger partial charge in [0.2, 0.25) is 11.8 Å². The lowest BCUT2D eigenvalue weighted by Crippen LogP contribution is -2.40. The highest BCUT2D eigenvalue weighted by molar-refractivity contribution is 5.73. The smallest absolute Gasteiger partial charge is 0.227 e. The van der Waals surface area contributed by atoms with Gasteiger partial charge in [0.1, 0.15) is 0 Å². The summed E-state index contributed by atoms with van der Waals surface area (Å²) in [6, 6.07) is 7.70. The van der Waals surface area contributed by atoms with Gasteiger partial charge in [-0.1, -0.05) is 23.4 Å². The molecule has 6 heteroatoms. The van der Waals surface area contributed by atoms with E-state index < -0.39 is 5.54 Å². The van der Waals surface area contributed by atoms with Crippen molar-refractivity contribution in [2.45, 2.75) is 39.2 Å². The van der Waals surface area contributed by atoms with Crippen molar-refractivity contribution in [2.75, 3.05) is 5.73 Å². The monoisotopic (exact) mass is 288 g/mol. The van der Waals surface area contributed by atoms with Gasteiger partial charge in [0.15, 0.2) is 5.82 Å². The standard InChI is InChI=1S/C15H20N4O2/c1-10(20)18-15(2,3)14-17-13(21-19-14)9-8-11-6-4-5-7-12(11)16/h4-7H,8-9,16H2,1-3H3,(H,18,20). The number of nitrogens with zero attached hydrogens (tertiary/aromatic N) is 2. The van der Waals surface area contributed by atoms with Gasteiger partial charge in [-0.2, -0.15) is 4.98 Å². The third-order valence-corrected chi connectivity index (χ3v) is 3.18. The molecule has 0 aliphatic rings. The number of carbonyl (C=O) groups excluding carboxylic acids is 1. The molecular formula is C15H20N4O2. The SMILES string of the molecule is CC(=O)NC(C)(C)c1noc(CCc2ccccc2N)n1.